The van der Waals surface area contributed by atoms with Crippen molar-refractivity contribution in [2.24, 2.45) is 0 Å². The van der Waals surface area contributed by atoms with Gasteiger partial charge in [-0.15, -0.1) is 11.3 Å². The standard InChI is InChI=1S/C21H27N5OS/c27-20(25-12-4-2-1-3-5-13-25)19-18(26-14-15-28-21(26)24-19)16-23-11-8-17-6-9-22-10-7-17/h6-7,9-10,14-15,23H,1-5,8,11-13,16H2. The molecule has 4 rings (SSSR count). The zero-order valence-electron chi connectivity index (χ0n) is 16.1. The Kier molecular flexibility index (Phi) is 6.34. The summed E-state index contributed by atoms with van der Waals surface area (Å²) >= 11 is 1.58. The molecule has 6 nitrogen and oxygen atoms in total. The monoisotopic (exact) mass is 397 g/mol. The first-order valence-corrected chi connectivity index (χ1v) is 11.0. The highest BCUT2D eigenvalue weighted by atomic mass is 32.1. The second-order valence-electron chi connectivity index (χ2n) is 7.30. The van der Waals surface area contributed by atoms with Gasteiger partial charge in [-0.3, -0.25) is 14.2 Å². The lowest BCUT2D eigenvalue weighted by Crippen LogP contribution is -2.35. The molecule has 3 aromatic rings. The van der Waals surface area contributed by atoms with E-state index in [0.29, 0.717) is 12.2 Å². The second-order valence-corrected chi connectivity index (χ2v) is 8.18. The fourth-order valence-corrected chi connectivity index (χ4v) is 4.49. The van der Waals surface area contributed by atoms with Gasteiger partial charge in [0.15, 0.2) is 10.7 Å². The molecule has 1 saturated heterocycles. The molecule has 0 aromatic carbocycles. The predicted molar refractivity (Wildman–Crippen MR) is 112 cm³/mol. The molecule has 4 heterocycles. The maximum absolute atomic E-state index is 13.2. The van der Waals surface area contributed by atoms with Crippen LogP contribution in [-0.4, -0.2) is 44.8 Å². The van der Waals surface area contributed by atoms with Gasteiger partial charge in [0.05, 0.1) is 5.69 Å². The Morgan fingerprint density at radius 3 is 2.64 bits per heavy atom. The zero-order chi connectivity index (χ0) is 19.2. The summed E-state index contributed by atoms with van der Waals surface area (Å²) in [5, 5.41) is 5.51. The van der Waals surface area contributed by atoms with Crippen molar-refractivity contribution in [3.63, 3.8) is 0 Å². The van der Waals surface area contributed by atoms with Gasteiger partial charge >= 0.3 is 0 Å². The lowest BCUT2D eigenvalue weighted by molar-refractivity contribution is 0.0736. The number of likely N-dealkylation sites (tertiary alicyclic amines) is 1. The minimum absolute atomic E-state index is 0.0868. The van der Waals surface area contributed by atoms with Crippen LogP contribution in [0.2, 0.25) is 0 Å². The van der Waals surface area contributed by atoms with Gasteiger partial charge in [-0.25, -0.2) is 4.98 Å². The third-order valence-corrected chi connectivity index (χ3v) is 6.10. The number of thiazole rings is 1. The van der Waals surface area contributed by atoms with E-state index in [1.807, 2.05) is 41.0 Å². The molecule has 0 radical (unpaired) electrons. The van der Waals surface area contributed by atoms with E-state index in [-0.39, 0.29) is 5.91 Å². The van der Waals surface area contributed by atoms with Crippen LogP contribution in [0.5, 0.6) is 0 Å². The fraction of sp³-hybridized carbons (Fsp3) is 0.476. The minimum Gasteiger partial charge on any atom is -0.337 e. The number of nitrogens with one attached hydrogen (secondary N) is 1. The molecule has 1 amide bonds. The number of nitrogens with zero attached hydrogens (tertiary/aromatic N) is 4. The average molecular weight is 398 g/mol. The van der Waals surface area contributed by atoms with Crippen LogP contribution in [0, 0.1) is 0 Å². The van der Waals surface area contributed by atoms with Crippen LogP contribution in [0.1, 0.15) is 53.8 Å². The lowest BCUT2D eigenvalue weighted by atomic mass is 10.1. The summed E-state index contributed by atoms with van der Waals surface area (Å²) in [7, 11) is 0. The van der Waals surface area contributed by atoms with Crippen molar-refractivity contribution in [3.05, 3.63) is 53.1 Å². The zero-order valence-corrected chi connectivity index (χ0v) is 17.0. The van der Waals surface area contributed by atoms with E-state index in [2.05, 4.69) is 19.7 Å². The molecule has 0 bridgehead atoms. The molecule has 1 fully saturated rings. The third kappa shape index (κ3) is 4.42. The minimum atomic E-state index is 0.0868. The van der Waals surface area contributed by atoms with Gasteiger partial charge in [-0.2, -0.15) is 0 Å². The Bertz CT molecular complexity index is 896. The molecule has 148 valence electrons. The molecule has 0 atom stereocenters. The van der Waals surface area contributed by atoms with Crippen molar-refractivity contribution in [3.8, 4) is 0 Å². The smallest absolute Gasteiger partial charge is 0.274 e. The molecule has 1 aliphatic rings. The number of hydrogen-bond donors (Lipinski definition) is 1. The fourth-order valence-electron chi connectivity index (χ4n) is 3.76. The molecule has 0 spiro atoms. The van der Waals surface area contributed by atoms with E-state index in [0.717, 1.165) is 49.6 Å². The third-order valence-electron chi connectivity index (χ3n) is 5.34. The molecule has 0 saturated carbocycles. The normalized spacial score (nSPS) is 15.5. The summed E-state index contributed by atoms with van der Waals surface area (Å²) in [4.78, 5) is 24.9. The lowest BCUT2D eigenvalue weighted by Gasteiger charge is -2.24. The largest absolute Gasteiger partial charge is 0.337 e. The molecule has 0 unspecified atom stereocenters. The molecule has 1 aliphatic heterocycles. The number of pyridine rings is 1. The summed E-state index contributed by atoms with van der Waals surface area (Å²) in [6.45, 7) is 3.18. The van der Waals surface area contributed by atoms with Crippen LogP contribution < -0.4 is 5.32 Å². The quantitative estimate of drug-likeness (QED) is 0.647. The number of fused-ring (bicyclic) bond motifs is 1. The topological polar surface area (TPSA) is 62.5 Å². The Morgan fingerprint density at radius 2 is 1.86 bits per heavy atom. The number of rotatable bonds is 6. The van der Waals surface area contributed by atoms with Crippen molar-refractivity contribution in [1.29, 1.82) is 0 Å². The van der Waals surface area contributed by atoms with Crippen LogP contribution in [-0.2, 0) is 13.0 Å². The van der Waals surface area contributed by atoms with Gasteiger partial charge in [0.25, 0.3) is 5.91 Å². The molecule has 3 aromatic heterocycles. The van der Waals surface area contributed by atoms with Gasteiger partial charge in [0.1, 0.15) is 0 Å². The first-order chi connectivity index (χ1) is 13.8. The first-order valence-electron chi connectivity index (χ1n) is 10.2. The number of carbonyl (C=O) groups is 1. The van der Waals surface area contributed by atoms with Crippen LogP contribution in [0.3, 0.4) is 0 Å². The second kappa shape index (κ2) is 9.30. The summed E-state index contributed by atoms with van der Waals surface area (Å²) in [5.41, 5.74) is 2.84. The highest BCUT2D eigenvalue weighted by Gasteiger charge is 2.24. The molecule has 0 aliphatic carbocycles. The Morgan fingerprint density at radius 1 is 1.11 bits per heavy atom. The van der Waals surface area contributed by atoms with E-state index < -0.39 is 0 Å². The molecule has 28 heavy (non-hydrogen) atoms. The maximum Gasteiger partial charge on any atom is 0.274 e. The van der Waals surface area contributed by atoms with Crippen molar-refractivity contribution >= 4 is 22.2 Å². The summed E-state index contributed by atoms with van der Waals surface area (Å²) in [5.74, 6) is 0.0868. The average Bonchev–Trinajstić information content (AvgIpc) is 3.27. The van der Waals surface area contributed by atoms with Crippen LogP contribution in [0.25, 0.3) is 4.96 Å². The van der Waals surface area contributed by atoms with E-state index in [9.17, 15) is 4.79 Å². The van der Waals surface area contributed by atoms with Gasteiger partial charge in [-0.1, -0.05) is 19.3 Å². The number of imidazole rings is 1. The van der Waals surface area contributed by atoms with Gasteiger partial charge < -0.3 is 10.2 Å². The molecule has 7 heteroatoms. The Hall–Kier alpha value is -2.25. The number of amides is 1. The van der Waals surface area contributed by atoms with Crippen molar-refractivity contribution in [2.75, 3.05) is 19.6 Å². The summed E-state index contributed by atoms with van der Waals surface area (Å²) in [6.07, 6.45) is 12.5. The van der Waals surface area contributed by atoms with Crippen LogP contribution in [0.15, 0.2) is 36.1 Å². The van der Waals surface area contributed by atoms with Gasteiger partial charge in [0.2, 0.25) is 0 Å². The molecule has 1 N–H and O–H groups in total. The van der Waals surface area contributed by atoms with E-state index >= 15 is 0 Å². The highest BCUT2D eigenvalue weighted by Crippen LogP contribution is 2.20. The van der Waals surface area contributed by atoms with E-state index in [4.69, 9.17) is 0 Å². The molecular formula is C21H27N5OS. The Labute approximate surface area is 169 Å². The maximum atomic E-state index is 13.2. The van der Waals surface area contributed by atoms with Crippen LogP contribution >= 0.6 is 11.3 Å². The van der Waals surface area contributed by atoms with Crippen molar-refractivity contribution in [1.82, 2.24) is 24.6 Å². The van der Waals surface area contributed by atoms with Crippen molar-refractivity contribution in [2.45, 2.75) is 45.1 Å². The van der Waals surface area contributed by atoms with E-state index in [1.54, 1.807) is 11.3 Å². The number of hydrogen-bond acceptors (Lipinski definition) is 5. The van der Waals surface area contributed by atoms with Crippen molar-refractivity contribution < 1.29 is 4.79 Å². The SMILES string of the molecule is O=C(c1nc2sccn2c1CNCCc1ccncc1)N1CCCCCCC1. The van der Waals surface area contributed by atoms with Gasteiger partial charge in [-0.05, 0) is 43.5 Å². The Balaban J connectivity index is 1.46. The number of aromatic nitrogens is 3. The first kappa shape index (κ1) is 19.1. The summed E-state index contributed by atoms with van der Waals surface area (Å²) in [6, 6.07) is 4.07. The predicted octanol–water partition coefficient (Wildman–Crippen LogP) is 3.53. The molecular weight excluding hydrogens is 370 g/mol. The summed E-state index contributed by atoms with van der Waals surface area (Å²) < 4.78 is 2.06. The van der Waals surface area contributed by atoms with E-state index in [1.165, 1.54) is 24.8 Å². The van der Waals surface area contributed by atoms with Gasteiger partial charge in [0, 0.05) is 43.6 Å². The van der Waals surface area contributed by atoms with Crippen LogP contribution in [0.4, 0.5) is 0 Å². The number of carbonyl (C=O) groups excluding carboxylic acids is 1. The highest BCUT2D eigenvalue weighted by molar-refractivity contribution is 7.15.